The summed E-state index contributed by atoms with van der Waals surface area (Å²) in [4.78, 5) is 23.4. The van der Waals surface area contributed by atoms with Crippen LogP contribution in [0.1, 0.15) is 33.0 Å². The lowest BCUT2D eigenvalue weighted by molar-refractivity contribution is -0.118. The smallest absolute Gasteiger partial charge is 0.237 e. The van der Waals surface area contributed by atoms with Gasteiger partial charge in [0.25, 0.3) is 0 Å². The lowest BCUT2D eigenvalue weighted by Gasteiger charge is -2.13. The van der Waals surface area contributed by atoms with Crippen LogP contribution in [0.15, 0.2) is 29.4 Å². The molecule has 0 saturated carbocycles. The highest BCUT2D eigenvalue weighted by molar-refractivity contribution is 8.00. The predicted octanol–water partition coefficient (Wildman–Crippen LogP) is 2.23. The first kappa shape index (κ1) is 20.8. The fraction of sp³-hybridized carbons (Fsp3) is 0.444. The van der Waals surface area contributed by atoms with Crippen molar-refractivity contribution in [1.29, 1.82) is 0 Å². The number of carbonyl (C=O) groups excluding carboxylic acids is 2. The van der Waals surface area contributed by atoms with Crippen LogP contribution >= 0.6 is 11.8 Å². The van der Waals surface area contributed by atoms with E-state index in [2.05, 4.69) is 15.5 Å². The molecule has 2 rings (SSSR count). The van der Waals surface area contributed by atoms with Crippen molar-refractivity contribution in [2.45, 2.75) is 50.6 Å². The molecule has 2 aromatic rings. The zero-order chi connectivity index (χ0) is 19.8. The Bertz CT molecular complexity index is 776. The van der Waals surface area contributed by atoms with E-state index in [9.17, 15) is 9.59 Å². The number of aryl methyl sites for hydroxylation is 1. The number of rotatable bonds is 10. The second kappa shape index (κ2) is 9.96. The van der Waals surface area contributed by atoms with E-state index in [1.165, 1.54) is 11.8 Å². The van der Waals surface area contributed by atoms with Crippen LogP contribution in [-0.4, -0.2) is 38.4 Å². The van der Waals surface area contributed by atoms with Gasteiger partial charge < -0.3 is 20.4 Å². The molecule has 0 unspecified atom stereocenters. The van der Waals surface area contributed by atoms with E-state index >= 15 is 0 Å². The molecule has 9 heteroatoms. The number of nitrogens with two attached hydrogens (primary N) is 1. The number of primary amides is 1. The van der Waals surface area contributed by atoms with Gasteiger partial charge in [-0.05, 0) is 45.0 Å². The maximum absolute atomic E-state index is 12.5. The highest BCUT2D eigenvalue weighted by Gasteiger charge is 2.20. The van der Waals surface area contributed by atoms with Gasteiger partial charge in [-0.1, -0.05) is 11.8 Å². The Morgan fingerprint density at radius 1 is 1.26 bits per heavy atom. The van der Waals surface area contributed by atoms with Crippen LogP contribution in [0, 0.1) is 0 Å². The molecule has 0 saturated heterocycles. The molecule has 0 radical (unpaired) electrons. The van der Waals surface area contributed by atoms with Crippen LogP contribution in [0.3, 0.4) is 0 Å². The SMILES string of the molecule is CCOc1ccc(NC(=O)[C@@H](C)Sc2nnc(CCC(N)=O)n2CC)cc1. The average molecular weight is 391 g/mol. The maximum Gasteiger partial charge on any atom is 0.237 e. The number of benzene rings is 1. The van der Waals surface area contributed by atoms with E-state index in [0.717, 1.165) is 5.75 Å². The summed E-state index contributed by atoms with van der Waals surface area (Å²) >= 11 is 1.32. The van der Waals surface area contributed by atoms with Gasteiger partial charge in [0.1, 0.15) is 11.6 Å². The van der Waals surface area contributed by atoms with E-state index in [-0.39, 0.29) is 23.5 Å². The number of nitrogens with zero attached hydrogens (tertiary/aromatic N) is 3. The third kappa shape index (κ3) is 5.99. The van der Waals surface area contributed by atoms with Crippen molar-refractivity contribution in [3.8, 4) is 5.75 Å². The highest BCUT2D eigenvalue weighted by Crippen LogP contribution is 2.24. The van der Waals surface area contributed by atoms with Gasteiger partial charge in [-0.15, -0.1) is 10.2 Å². The minimum absolute atomic E-state index is 0.131. The number of anilines is 1. The summed E-state index contributed by atoms with van der Waals surface area (Å²) in [6, 6.07) is 7.23. The van der Waals surface area contributed by atoms with Crippen molar-refractivity contribution >= 4 is 29.3 Å². The number of nitrogens with one attached hydrogen (secondary N) is 1. The molecule has 1 atom stereocenters. The van der Waals surface area contributed by atoms with Crippen molar-refractivity contribution in [3.05, 3.63) is 30.1 Å². The minimum Gasteiger partial charge on any atom is -0.494 e. The third-order valence-corrected chi connectivity index (χ3v) is 4.87. The Morgan fingerprint density at radius 2 is 1.96 bits per heavy atom. The summed E-state index contributed by atoms with van der Waals surface area (Å²) in [6.07, 6.45) is 0.653. The summed E-state index contributed by atoms with van der Waals surface area (Å²) < 4.78 is 7.29. The molecule has 0 spiro atoms. The molecule has 0 aliphatic heterocycles. The topological polar surface area (TPSA) is 112 Å². The van der Waals surface area contributed by atoms with Gasteiger partial charge in [-0.2, -0.15) is 0 Å². The molecule has 0 bridgehead atoms. The Labute approximate surface area is 162 Å². The predicted molar refractivity (Wildman–Crippen MR) is 105 cm³/mol. The van der Waals surface area contributed by atoms with Gasteiger partial charge in [0.15, 0.2) is 5.16 Å². The number of ether oxygens (including phenoxy) is 1. The molecule has 1 aromatic heterocycles. The lowest BCUT2D eigenvalue weighted by Crippen LogP contribution is -2.23. The standard InChI is InChI=1S/C18H25N5O3S/c1-4-23-16(11-10-15(19)24)21-22-18(23)27-12(3)17(25)20-13-6-8-14(9-7-13)26-5-2/h6-9,12H,4-5,10-11H2,1-3H3,(H2,19,24)(H,20,25)/t12-/m1/s1. The summed E-state index contributed by atoms with van der Waals surface area (Å²) in [7, 11) is 0. The maximum atomic E-state index is 12.5. The number of amides is 2. The second-order valence-corrected chi connectivity index (χ2v) is 7.12. The van der Waals surface area contributed by atoms with Crippen molar-refractivity contribution < 1.29 is 14.3 Å². The monoisotopic (exact) mass is 391 g/mol. The van der Waals surface area contributed by atoms with Crippen LogP contribution in [-0.2, 0) is 22.6 Å². The minimum atomic E-state index is -0.377. The molecule has 1 aromatic carbocycles. The largest absolute Gasteiger partial charge is 0.494 e. The number of aromatic nitrogens is 3. The molecule has 2 amide bonds. The molecular weight excluding hydrogens is 366 g/mol. The van der Waals surface area contributed by atoms with Crippen LogP contribution in [0.5, 0.6) is 5.75 Å². The first-order valence-corrected chi connectivity index (χ1v) is 9.73. The first-order valence-electron chi connectivity index (χ1n) is 8.85. The van der Waals surface area contributed by atoms with E-state index in [1.54, 1.807) is 12.1 Å². The number of carbonyl (C=O) groups is 2. The molecule has 0 aliphatic carbocycles. The molecule has 3 N–H and O–H groups in total. The average Bonchev–Trinajstić information content (AvgIpc) is 3.03. The van der Waals surface area contributed by atoms with Crippen molar-refractivity contribution in [2.24, 2.45) is 5.73 Å². The normalized spacial score (nSPS) is 11.8. The summed E-state index contributed by atoms with van der Waals surface area (Å²) in [5.74, 6) is 0.946. The van der Waals surface area contributed by atoms with Crippen molar-refractivity contribution in [2.75, 3.05) is 11.9 Å². The van der Waals surface area contributed by atoms with E-state index in [4.69, 9.17) is 10.5 Å². The van der Waals surface area contributed by atoms with Gasteiger partial charge in [0, 0.05) is 25.1 Å². The van der Waals surface area contributed by atoms with Gasteiger partial charge in [0.2, 0.25) is 11.8 Å². The fourth-order valence-corrected chi connectivity index (χ4v) is 3.33. The summed E-state index contributed by atoms with van der Waals surface area (Å²) in [5.41, 5.74) is 5.90. The van der Waals surface area contributed by atoms with Gasteiger partial charge >= 0.3 is 0 Å². The van der Waals surface area contributed by atoms with Crippen LogP contribution in [0.4, 0.5) is 5.69 Å². The van der Waals surface area contributed by atoms with Crippen LogP contribution < -0.4 is 15.8 Å². The molecule has 0 aliphatic rings. The van der Waals surface area contributed by atoms with E-state index in [1.807, 2.05) is 37.5 Å². The summed E-state index contributed by atoms with van der Waals surface area (Å²) in [5, 5.41) is 11.4. The molecule has 146 valence electrons. The van der Waals surface area contributed by atoms with Crippen LogP contribution in [0.25, 0.3) is 0 Å². The van der Waals surface area contributed by atoms with Crippen molar-refractivity contribution in [3.63, 3.8) is 0 Å². The second-order valence-electron chi connectivity index (χ2n) is 5.82. The van der Waals surface area contributed by atoms with E-state index < -0.39 is 0 Å². The molecule has 0 fully saturated rings. The Kier molecular flexibility index (Phi) is 7.66. The quantitative estimate of drug-likeness (QED) is 0.601. The Hall–Kier alpha value is -2.55. The number of hydrogen-bond acceptors (Lipinski definition) is 6. The van der Waals surface area contributed by atoms with Crippen LogP contribution in [0.2, 0.25) is 0 Å². The Balaban J connectivity index is 1.98. The zero-order valence-electron chi connectivity index (χ0n) is 15.8. The first-order chi connectivity index (χ1) is 12.9. The summed E-state index contributed by atoms with van der Waals surface area (Å²) in [6.45, 7) is 6.94. The zero-order valence-corrected chi connectivity index (χ0v) is 16.6. The fourth-order valence-electron chi connectivity index (χ4n) is 2.40. The number of thioether (sulfide) groups is 1. The van der Waals surface area contributed by atoms with Gasteiger partial charge in [-0.3, -0.25) is 9.59 Å². The highest BCUT2D eigenvalue weighted by atomic mass is 32.2. The molecule has 8 nitrogen and oxygen atoms in total. The third-order valence-electron chi connectivity index (χ3n) is 3.79. The molecule has 1 heterocycles. The Morgan fingerprint density at radius 3 is 2.56 bits per heavy atom. The lowest BCUT2D eigenvalue weighted by atomic mass is 10.3. The van der Waals surface area contributed by atoms with E-state index in [0.29, 0.717) is 36.2 Å². The molecule has 27 heavy (non-hydrogen) atoms. The van der Waals surface area contributed by atoms with Crippen molar-refractivity contribution in [1.82, 2.24) is 14.8 Å². The van der Waals surface area contributed by atoms with Gasteiger partial charge in [0.05, 0.1) is 11.9 Å². The molecular formula is C18H25N5O3S. The van der Waals surface area contributed by atoms with Gasteiger partial charge in [-0.25, -0.2) is 0 Å². The number of hydrogen-bond donors (Lipinski definition) is 2.